The van der Waals surface area contributed by atoms with Gasteiger partial charge in [-0.3, -0.25) is 4.90 Å². The SMILES string of the molecule is COc1ccc(C(CNS(=O)(=O)c2ccccc2S(C)(=O)=O)N2CCOCC2)cc1. The molecule has 1 heterocycles. The second-order valence-electron chi connectivity index (χ2n) is 7.01. The fourth-order valence-electron chi connectivity index (χ4n) is 3.42. The van der Waals surface area contributed by atoms with Crippen molar-refractivity contribution in [1.29, 1.82) is 0 Å². The third kappa shape index (κ3) is 5.38. The average molecular weight is 455 g/mol. The molecule has 0 aromatic heterocycles. The van der Waals surface area contributed by atoms with Crippen molar-refractivity contribution in [1.82, 2.24) is 9.62 Å². The average Bonchev–Trinajstić information content (AvgIpc) is 2.74. The number of sulfonamides is 1. The van der Waals surface area contributed by atoms with Crippen LogP contribution in [0.3, 0.4) is 0 Å². The van der Waals surface area contributed by atoms with Crippen molar-refractivity contribution in [2.75, 3.05) is 46.2 Å². The number of benzene rings is 2. The van der Waals surface area contributed by atoms with Gasteiger partial charge in [0.2, 0.25) is 10.0 Å². The molecule has 0 spiro atoms. The normalized spacial score (nSPS) is 16.9. The fraction of sp³-hybridized carbons (Fsp3) is 0.400. The maximum absolute atomic E-state index is 13.0. The molecule has 10 heteroatoms. The molecule has 2 aromatic carbocycles. The second kappa shape index (κ2) is 9.44. The molecule has 1 aliphatic heterocycles. The summed E-state index contributed by atoms with van der Waals surface area (Å²) in [5, 5.41) is 0. The van der Waals surface area contributed by atoms with Crippen LogP contribution in [-0.4, -0.2) is 67.9 Å². The molecule has 2 aromatic rings. The first-order chi connectivity index (χ1) is 14.2. The van der Waals surface area contributed by atoms with Crippen molar-refractivity contribution in [2.45, 2.75) is 15.8 Å². The molecule has 30 heavy (non-hydrogen) atoms. The smallest absolute Gasteiger partial charge is 0.241 e. The van der Waals surface area contributed by atoms with Crippen LogP contribution in [0.1, 0.15) is 11.6 Å². The van der Waals surface area contributed by atoms with E-state index in [1.807, 2.05) is 24.3 Å². The summed E-state index contributed by atoms with van der Waals surface area (Å²) in [7, 11) is -6.15. The van der Waals surface area contributed by atoms with Crippen LogP contribution >= 0.6 is 0 Å². The molecule has 1 fully saturated rings. The number of rotatable bonds is 8. The van der Waals surface area contributed by atoms with Crippen LogP contribution in [0.25, 0.3) is 0 Å². The summed E-state index contributed by atoms with van der Waals surface area (Å²) in [6.45, 7) is 2.55. The van der Waals surface area contributed by atoms with Gasteiger partial charge in [0.25, 0.3) is 0 Å². The molecule has 1 N–H and O–H groups in total. The first kappa shape index (κ1) is 22.7. The van der Waals surface area contributed by atoms with Crippen molar-refractivity contribution in [3.8, 4) is 5.75 Å². The summed E-state index contributed by atoms with van der Waals surface area (Å²) in [6, 6.07) is 12.8. The van der Waals surface area contributed by atoms with Gasteiger partial charge < -0.3 is 9.47 Å². The maximum atomic E-state index is 13.0. The Bertz CT molecular complexity index is 1060. The van der Waals surface area contributed by atoms with E-state index in [0.29, 0.717) is 32.1 Å². The lowest BCUT2D eigenvalue weighted by Gasteiger charge is -2.35. The van der Waals surface area contributed by atoms with E-state index >= 15 is 0 Å². The molecule has 164 valence electrons. The minimum Gasteiger partial charge on any atom is -0.497 e. The van der Waals surface area contributed by atoms with Crippen molar-refractivity contribution >= 4 is 19.9 Å². The monoisotopic (exact) mass is 454 g/mol. The quantitative estimate of drug-likeness (QED) is 0.644. The van der Waals surface area contributed by atoms with Gasteiger partial charge in [0, 0.05) is 31.9 Å². The van der Waals surface area contributed by atoms with Crippen LogP contribution in [0, 0.1) is 0 Å². The highest BCUT2D eigenvalue weighted by Crippen LogP contribution is 2.25. The van der Waals surface area contributed by atoms with Gasteiger partial charge in [-0.05, 0) is 29.8 Å². The van der Waals surface area contributed by atoms with Gasteiger partial charge in [-0.25, -0.2) is 21.6 Å². The Hall–Kier alpha value is -1.98. The topological polar surface area (TPSA) is 102 Å². The van der Waals surface area contributed by atoms with E-state index in [4.69, 9.17) is 9.47 Å². The number of hydrogen-bond donors (Lipinski definition) is 1. The van der Waals surface area contributed by atoms with Gasteiger partial charge in [0.1, 0.15) is 10.6 Å². The minimum absolute atomic E-state index is 0.0900. The lowest BCUT2D eigenvalue weighted by atomic mass is 10.0. The van der Waals surface area contributed by atoms with E-state index in [1.54, 1.807) is 7.11 Å². The molecule has 1 aliphatic rings. The lowest BCUT2D eigenvalue weighted by molar-refractivity contribution is 0.0172. The van der Waals surface area contributed by atoms with E-state index < -0.39 is 19.9 Å². The molecule has 1 unspecified atom stereocenters. The van der Waals surface area contributed by atoms with Gasteiger partial charge in [-0.2, -0.15) is 0 Å². The molecule has 1 atom stereocenters. The first-order valence-corrected chi connectivity index (χ1v) is 12.8. The van der Waals surface area contributed by atoms with Crippen LogP contribution in [0.15, 0.2) is 58.3 Å². The Labute approximate surface area is 177 Å². The van der Waals surface area contributed by atoms with Crippen molar-refractivity contribution in [3.05, 3.63) is 54.1 Å². The predicted octanol–water partition coefficient (Wildman–Crippen LogP) is 1.45. The van der Waals surface area contributed by atoms with Gasteiger partial charge >= 0.3 is 0 Å². The van der Waals surface area contributed by atoms with Crippen LogP contribution in [-0.2, 0) is 24.6 Å². The van der Waals surface area contributed by atoms with Crippen LogP contribution < -0.4 is 9.46 Å². The third-order valence-corrected chi connectivity index (χ3v) is 7.76. The molecule has 0 bridgehead atoms. The van der Waals surface area contributed by atoms with E-state index in [-0.39, 0.29) is 22.4 Å². The molecule has 0 amide bonds. The van der Waals surface area contributed by atoms with Crippen LogP contribution in [0.4, 0.5) is 0 Å². The fourth-order valence-corrected chi connectivity index (χ4v) is 6.08. The zero-order valence-electron chi connectivity index (χ0n) is 16.9. The highest BCUT2D eigenvalue weighted by molar-refractivity contribution is 7.93. The molecule has 0 aliphatic carbocycles. The summed E-state index contributed by atoms with van der Waals surface area (Å²) < 4.78 is 63.3. The van der Waals surface area contributed by atoms with Gasteiger partial charge in [0.05, 0.1) is 25.2 Å². The van der Waals surface area contributed by atoms with Gasteiger partial charge in [-0.15, -0.1) is 0 Å². The lowest BCUT2D eigenvalue weighted by Crippen LogP contribution is -2.43. The Balaban J connectivity index is 1.88. The number of methoxy groups -OCH3 is 1. The Kier molecular flexibility index (Phi) is 7.14. The Morgan fingerprint density at radius 2 is 1.60 bits per heavy atom. The van der Waals surface area contributed by atoms with E-state index in [0.717, 1.165) is 11.8 Å². The van der Waals surface area contributed by atoms with E-state index in [1.165, 1.54) is 24.3 Å². The zero-order valence-corrected chi connectivity index (χ0v) is 18.6. The number of morpholine rings is 1. The van der Waals surface area contributed by atoms with Gasteiger partial charge in [-0.1, -0.05) is 24.3 Å². The van der Waals surface area contributed by atoms with Crippen LogP contribution in [0.2, 0.25) is 0 Å². The Morgan fingerprint density at radius 1 is 1.00 bits per heavy atom. The van der Waals surface area contributed by atoms with Gasteiger partial charge in [0.15, 0.2) is 9.84 Å². The van der Waals surface area contributed by atoms with E-state index in [9.17, 15) is 16.8 Å². The molecule has 0 radical (unpaired) electrons. The molecular weight excluding hydrogens is 428 g/mol. The van der Waals surface area contributed by atoms with Crippen LogP contribution in [0.5, 0.6) is 5.75 Å². The van der Waals surface area contributed by atoms with Crippen molar-refractivity contribution in [3.63, 3.8) is 0 Å². The molecule has 3 rings (SSSR count). The summed E-state index contributed by atoms with van der Waals surface area (Å²) in [4.78, 5) is 1.68. The summed E-state index contributed by atoms with van der Waals surface area (Å²) >= 11 is 0. The summed E-state index contributed by atoms with van der Waals surface area (Å²) in [5.41, 5.74) is 0.928. The second-order valence-corrected chi connectivity index (χ2v) is 10.7. The molecule has 8 nitrogen and oxygen atoms in total. The zero-order chi connectivity index (χ0) is 21.8. The molecule has 0 saturated carbocycles. The first-order valence-electron chi connectivity index (χ1n) is 9.47. The summed E-state index contributed by atoms with van der Waals surface area (Å²) in [5.74, 6) is 0.710. The summed E-state index contributed by atoms with van der Waals surface area (Å²) in [6.07, 6.45) is 0.995. The number of sulfone groups is 1. The minimum atomic E-state index is -4.04. The standard InChI is InChI=1S/C20H26N2O6S2/c1-27-17-9-7-16(8-10-17)18(22-11-13-28-14-12-22)15-21-30(25,26)20-6-4-3-5-19(20)29(2,23)24/h3-10,18,21H,11-15H2,1-2H3. The number of hydrogen-bond acceptors (Lipinski definition) is 7. The highest BCUT2D eigenvalue weighted by Gasteiger charge is 2.27. The molecular formula is C20H26N2O6S2. The largest absolute Gasteiger partial charge is 0.497 e. The molecule has 1 saturated heterocycles. The third-order valence-electron chi connectivity index (χ3n) is 4.99. The van der Waals surface area contributed by atoms with E-state index in [2.05, 4.69) is 9.62 Å². The Morgan fingerprint density at radius 3 is 2.17 bits per heavy atom. The van der Waals surface area contributed by atoms with Crippen molar-refractivity contribution < 1.29 is 26.3 Å². The highest BCUT2D eigenvalue weighted by atomic mass is 32.2. The predicted molar refractivity (Wildman–Crippen MR) is 113 cm³/mol. The maximum Gasteiger partial charge on any atom is 0.241 e. The number of nitrogens with zero attached hydrogens (tertiary/aromatic N) is 1. The number of nitrogens with one attached hydrogen (secondary N) is 1. The number of ether oxygens (including phenoxy) is 2. The van der Waals surface area contributed by atoms with Crippen molar-refractivity contribution in [2.24, 2.45) is 0 Å².